The molecule has 136 valence electrons. The Bertz CT molecular complexity index is 606. The van der Waals surface area contributed by atoms with Gasteiger partial charge in [-0.2, -0.15) is 0 Å². The van der Waals surface area contributed by atoms with Gasteiger partial charge in [0.25, 0.3) is 5.91 Å². The first-order valence-electron chi connectivity index (χ1n) is 8.85. The number of benzene rings is 1. The van der Waals surface area contributed by atoms with Gasteiger partial charge in [0.2, 0.25) is 5.91 Å². The second-order valence-electron chi connectivity index (χ2n) is 6.70. The van der Waals surface area contributed by atoms with Crippen LogP contribution in [0.4, 0.5) is 0 Å². The quantitative estimate of drug-likeness (QED) is 0.674. The van der Waals surface area contributed by atoms with Crippen molar-refractivity contribution in [2.45, 2.75) is 58.0 Å². The Labute approximate surface area is 148 Å². The van der Waals surface area contributed by atoms with Crippen molar-refractivity contribution in [3.63, 3.8) is 0 Å². The number of aliphatic carboxylic acids is 1. The highest BCUT2D eigenvalue weighted by atomic mass is 16.4. The highest BCUT2D eigenvalue weighted by Crippen LogP contribution is 2.24. The van der Waals surface area contributed by atoms with Crippen LogP contribution in [0.1, 0.15) is 61.4 Å². The molecule has 6 nitrogen and oxygen atoms in total. The second-order valence-corrected chi connectivity index (χ2v) is 6.70. The van der Waals surface area contributed by atoms with E-state index in [0.29, 0.717) is 18.5 Å². The molecule has 0 aromatic heterocycles. The van der Waals surface area contributed by atoms with E-state index in [4.69, 9.17) is 5.11 Å². The molecular weight excluding hydrogens is 320 g/mol. The topological polar surface area (TPSA) is 95.5 Å². The Kier molecular flexibility index (Phi) is 6.98. The first-order valence-corrected chi connectivity index (χ1v) is 8.85. The highest BCUT2D eigenvalue weighted by molar-refractivity contribution is 5.94. The molecule has 1 saturated carbocycles. The third kappa shape index (κ3) is 6.21. The predicted molar refractivity (Wildman–Crippen MR) is 94.0 cm³/mol. The van der Waals surface area contributed by atoms with Crippen molar-refractivity contribution in [2.24, 2.45) is 5.92 Å². The third-order valence-corrected chi connectivity index (χ3v) is 4.58. The number of amides is 2. The standard InChI is InChI=1S/C19H26N2O4/c1-13(6-11-17(22)23)21-19(25)16-9-7-14(8-10-16)12-20-18(24)15-4-2-3-5-15/h7-10,13,15H,2-6,11-12H2,1H3,(H,20,24)(H,21,25)(H,22,23). The molecular formula is C19H26N2O4. The van der Waals surface area contributed by atoms with Gasteiger partial charge in [0.15, 0.2) is 0 Å². The molecule has 0 radical (unpaired) electrons. The fraction of sp³-hybridized carbons (Fsp3) is 0.526. The van der Waals surface area contributed by atoms with Crippen LogP contribution in [0.25, 0.3) is 0 Å². The molecule has 1 aromatic carbocycles. The lowest BCUT2D eigenvalue weighted by Crippen LogP contribution is -2.33. The zero-order valence-corrected chi connectivity index (χ0v) is 14.6. The van der Waals surface area contributed by atoms with Crippen molar-refractivity contribution in [3.8, 4) is 0 Å². The van der Waals surface area contributed by atoms with E-state index in [0.717, 1.165) is 31.2 Å². The van der Waals surface area contributed by atoms with E-state index in [1.807, 2.05) is 12.1 Å². The van der Waals surface area contributed by atoms with Crippen LogP contribution in [0.3, 0.4) is 0 Å². The fourth-order valence-corrected chi connectivity index (χ4v) is 3.01. The minimum atomic E-state index is -0.870. The number of carbonyl (C=O) groups is 3. The average Bonchev–Trinajstić information content (AvgIpc) is 3.13. The molecule has 2 amide bonds. The highest BCUT2D eigenvalue weighted by Gasteiger charge is 2.22. The lowest BCUT2D eigenvalue weighted by atomic mass is 10.1. The summed E-state index contributed by atoms with van der Waals surface area (Å²) in [7, 11) is 0. The monoisotopic (exact) mass is 346 g/mol. The van der Waals surface area contributed by atoms with Crippen molar-refractivity contribution in [1.29, 1.82) is 0 Å². The smallest absolute Gasteiger partial charge is 0.303 e. The molecule has 25 heavy (non-hydrogen) atoms. The molecule has 1 aromatic rings. The molecule has 0 spiro atoms. The zero-order valence-electron chi connectivity index (χ0n) is 14.6. The number of rotatable bonds is 8. The molecule has 0 aliphatic heterocycles. The molecule has 1 aliphatic carbocycles. The van der Waals surface area contributed by atoms with E-state index in [1.165, 1.54) is 0 Å². The Morgan fingerprint density at radius 2 is 1.80 bits per heavy atom. The maximum atomic E-state index is 12.1. The van der Waals surface area contributed by atoms with Gasteiger partial charge in [-0.05, 0) is 43.9 Å². The molecule has 2 rings (SSSR count). The Hall–Kier alpha value is -2.37. The van der Waals surface area contributed by atoms with Gasteiger partial charge in [0.05, 0.1) is 0 Å². The van der Waals surface area contributed by atoms with Gasteiger partial charge >= 0.3 is 5.97 Å². The molecule has 1 unspecified atom stereocenters. The van der Waals surface area contributed by atoms with Crippen molar-refractivity contribution < 1.29 is 19.5 Å². The summed E-state index contributed by atoms with van der Waals surface area (Å²) in [5.41, 5.74) is 1.47. The van der Waals surface area contributed by atoms with Gasteiger partial charge in [-0.25, -0.2) is 0 Å². The third-order valence-electron chi connectivity index (χ3n) is 4.58. The van der Waals surface area contributed by atoms with E-state index in [9.17, 15) is 14.4 Å². The number of carboxylic acids is 1. The second kappa shape index (κ2) is 9.20. The summed E-state index contributed by atoms with van der Waals surface area (Å²) in [4.78, 5) is 34.7. The van der Waals surface area contributed by atoms with Crippen molar-refractivity contribution in [3.05, 3.63) is 35.4 Å². The zero-order chi connectivity index (χ0) is 18.2. The van der Waals surface area contributed by atoms with Crippen LogP contribution in [0, 0.1) is 5.92 Å². The average molecular weight is 346 g/mol. The van der Waals surface area contributed by atoms with E-state index in [2.05, 4.69) is 10.6 Å². The van der Waals surface area contributed by atoms with Crippen molar-refractivity contribution >= 4 is 17.8 Å². The van der Waals surface area contributed by atoms with Gasteiger partial charge in [-0.3, -0.25) is 14.4 Å². The Morgan fingerprint density at radius 3 is 2.40 bits per heavy atom. The van der Waals surface area contributed by atoms with Crippen molar-refractivity contribution in [2.75, 3.05) is 0 Å². The summed E-state index contributed by atoms with van der Waals surface area (Å²) < 4.78 is 0. The summed E-state index contributed by atoms with van der Waals surface area (Å²) in [5, 5.41) is 14.4. The van der Waals surface area contributed by atoms with Crippen LogP contribution in [0.2, 0.25) is 0 Å². The van der Waals surface area contributed by atoms with Crippen LogP contribution in [-0.4, -0.2) is 28.9 Å². The van der Waals surface area contributed by atoms with Crippen LogP contribution in [0.15, 0.2) is 24.3 Å². The van der Waals surface area contributed by atoms with Gasteiger partial charge in [-0.15, -0.1) is 0 Å². The summed E-state index contributed by atoms with van der Waals surface area (Å²) in [6.45, 7) is 2.25. The van der Waals surface area contributed by atoms with E-state index >= 15 is 0 Å². The molecule has 0 heterocycles. The molecule has 1 aliphatic rings. The summed E-state index contributed by atoms with van der Waals surface area (Å²) in [6, 6.07) is 6.89. The maximum Gasteiger partial charge on any atom is 0.303 e. The maximum absolute atomic E-state index is 12.1. The fourth-order valence-electron chi connectivity index (χ4n) is 3.01. The summed E-state index contributed by atoms with van der Waals surface area (Å²) in [6.07, 6.45) is 4.64. The van der Waals surface area contributed by atoms with Crippen LogP contribution in [-0.2, 0) is 16.1 Å². The molecule has 1 atom stereocenters. The van der Waals surface area contributed by atoms with E-state index < -0.39 is 5.97 Å². The number of hydrogen-bond acceptors (Lipinski definition) is 3. The van der Waals surface area contributed by atoms with Gasteiger partial charge < -0.3 is 15.7 Å². The number of carboxylic acid groups (broad SMARTS) is 1. The SMILES string of the molecule is CC(CCC(=O)O)NC(=O)c1ccc(CNC(=O)C2CCCC2)cc1. The van der Waals surface area contributed by atoms with Crippen LogP contribution >= 0.6 is 0 Å². The summed E-state index contributed by atoms with van der Waals surface area (Å²) >= 11 is 0. The molecule has 0 saturated heterocycles. The largest absolute Gasteiger partial charge is 0.481 e. The lowest BCUT2D eigenvalue weighted by Gasteiger charge is -2.13. The number of nitrogens with one attached hydrogen (secondary N) is 2. The van der Waals surface area contributed by atoms with E-state index in [1.54, 1.807) is 19.1 Å². The Morgan fingerprint density at radius 1 is 1.16 bits per heavy atom. The van der Waals surface area contributed by atoms with E-state index in [-0.39, 0.29) is 30.2 Å². The molecule has 3 N–H and O–H groups in total. The normalized spacial score (nSPS) is 15.6. The molecule has 6 heteroatoms. The minimum Gasteiger partial charge on any atom is -0.481 e. The summed E-state index contributed by atoms with van der Waals surface area (Å²) in [5.74, 6) is -0.826. The van der Waals surface area contributed by atoms with Crippen LogP contribution < -0.4 is 10.6 Å². The van der Waals surface area contributed by atoms with Gasteiger partial charge in [0, 0.05) is 30.5 Å². The minimum absolute atomic E-state index is 0.0288. The number of carbonyl (C=O) groups excluding carboxylic acids is 2. The molecule has 0 bridgehead atoms. The predicted octanol–water partition coefficient (Wildman–Crippen LogP) is 2.48. The van der Waals surface area contributed by atoms with Gasteiger partial charge in [-0.1, -0.05) is 25.0 Å². The first-order chi connectivity index (χ1) is 12.0. The van der Waals surface area contributed by atoms with Crippen LogP contribution in [0.5, 0.6) is 0 Å². The number of hydrogen-bond donors (Lipinski definition) is 3. The van der Waals surface area contributed by atoms with Gasteiger partial charge in [0.1, 0.15) is 0 Å². The van der Waals surface area contributed by atoms with Crippen molar-refractivity contribution in [1.82, 2.24) is 10.6 Å². The Balaban J connectivity index is 1.79. The first kappa shape index (κ1) is 19.0. The molecule has 1 fully saturated rings. The lowest BCUT2D eigenvalue weighted by molar-refractivity contribution is -0.137.